The molecule has 2 heteroatoms. The van der Waals surface area contributed by atoms with Gasteiger partial charge < -0.3 is 0 Å². The number of aryl methyl sites for hydroxylation is 1. The minimum absolute atomic E-state index is 0.981. The molecule has 0 fully saturated rings. The largest absolute Gasteiger partial charge is 0.253 e. The van der Waals surface area contributed by atoms with Crippen LogP contribution in [-0.2, 0) is 0 Å². The Bertz CT molecular complexity index is 297. The average Bonchev–Trinajstić information content (AvgIpc) is 2.65. The van der Waals surface area contributed by atoms with E-state index in [1.165, 1.54) is 4.88 Å². The van der Waals surface area contributed by atoms with E-state index in [0.29, 0.717) is 0 Å². The molecule has 0 unspecified atom stereocenters. The fourth-order valence-electron chi connectivity index (χ4n) is 0.925. The molecule has 0 spiro atoms. The summed E-state index contributed by atoms with van der Waals surface area (Å²) in [5.74, 6) is 0. The zero-order chi connectivity index (χ0) is 12.4. The van der Waals surface area contributed by atoms with Crippen LogP contribution in [0.4, 0.5) is 5.00 Å². The number of thiophene rings is 1. The van der Waals surface area contributed by atoms with Crippen molar-refractivity contribution in [1.29, 1.82) is 0 Å². The van der Waals surface area contributed by atoms with Gasteiger partial charge >= 0.3 is 0 Å². The quantitative estimate of drug-likeness (QED) is 0.591. The maximum atomic E-state index is 3.92. The Labute approximate surface area is 98.6 Å². The summed E-state index contributed by atoms with van der Waals surface area (Å²) in [6.07, 6.45) is 0. The van der Waals surface area contributed by atoms with Crippen molar-refractivity contribution in [3.63, 3.8) is 0 Å². The van der Waals surface area contributed by atoms with Crippen molar-refractivity contribution in [3.8, 4) is 0 Å². The van der Waals surface area contributed by atoms with Crippen molar-refractivity contribution >= 4 is 28.6 Å². The van der Waals surface area contributed by atoms with Gasteiger partial charge in [-0.3, -0.25) is 4.99 Å². The molecular formula is C13H23NS. The topological polar surface area (TPSA) is 12.4 Å². The summed E-state index contributed by atoms with van der Waals surface area (Å²) in [7, 11) is 0. The summed E-state index contributed by atoms with van der Waals surface area (Å²) in [6, 6.07) is 2.09. The van der Waals surface area contributed by atoms with E-state index in [2.05, 4.69) is 31.3 Å². The minimum Gasteiger partial charge on any atom is -0.253 e. The highest BCUT2D eigenvalue weighted by molar-refractivity contribution is 7.16. The van der Waals surface area contributed by atoms with Crippen molar-refractivity contribution < 1.29 is 0 Å². The van der Waals surface area contributed by atoms with Crippen LogP contribution in [0.5, 0.6) is 0 Å². The Balaban J connectivity index is 0. The summed E-state index contributed by atoms with van der Waals surface area (Å²) >= 11 is 1.65. The van der Waals surface area contributed by atoms with E-state index < -0.39 is 0 Å². The Kier molecular flexibility index (Phi) is 10.6. The molecule has 1 nitrogen and oxygen atoms in total. The van der Waals surface area contributed by atoms with Gasteiger partial charge in [0.1, 0.15) is 5.00 Å². The van der Waals surface area contributed by atoms with Gasteiger partial charge in [-0.25, -0.2) is 0 Å². The van der Waals surface area contributed by atoms with Crippen molar-refractivity contribution in [2.45, 2.75) is 41.5 Å². The van der Waals surface area contributed by atoms with Gasteiger partial charge in [-0.1, -0.05) is 34.3 Å². The van der Waals surface area contributed by atoms with Crippen LogP contribution < -0.4 is 0 Å². The van der Waals surface area contributed by atoms with Gasteiger partial charge in [-0.2, -0.15) is 0 Å². The fraction of sp³-hybridized carbons (Fsp3) is 0.462. The molecule has 0 saturated carbocycles. The lowest BCUT2D eigenvalue weighted by molar-refractivity contribution is 1.50. The number of hydrogen-bond acceptors (Lipinski definition) is 2. The van der Waals surface area contributed by atoms with Crippen LogP contribution in [0.25, 0.3) is 5.57 Å². The highest BCUT2D eigenvalue weighted by Gasteiger charge is 2.04. The van der Waals surface area contributed by atoms with E-state index in [9.17, 15) is 0 Å². The van der Waals surface area contributed by atoms with Gasteiger partial charge in [0.05, 0.1) is 0 Å². The minimum atomic E-state index is 0.981. The van der Waals surface area contributed by atoms with E-state index >= 15 is 0 Å². The molecule has 0 radical (unpaired) electrons. The summed E-state index contributed by atoms with van der Waals surface area (Å²) in [5, 5.41) is 0.981. The van der Waals surface area contributed by atoms with Crippen LogP contribution in [0.1, 0.15) is 45.1 Å². The monoisotopic (exact) mass is 225 g/mol. The van der Waals surface area contributed by atoms with Crippen LogP contribution >= 0.6 is 11.3 Å². The maximum absolute atomic E-state index is 3.92. The number of nitrogens with zero attached hydrogens (tertiary/aromatic N) is 1. The third-order valence-corrected chi connectivity index (χ3v) is 2.42. The van der Waals surface area contributed by atoms with E-state index in [1.54, 1.807) is 11.3 Å². The molecule has 0 amide bonds. The molecule has 0 bridgehead atoms. The van der Waals surface area contributed by atoms with Gasteiger partial charge in [-0.15, -0.1) is 11.3 Å². The molecular weight excluding hydrogens is 202 g/mol. The van der Waals surface area contributed by atoms with Crippen molar-refractivity contribution in [3.05, 3.63) is 23.1 Å². The number of aliphatic imine (C=N–C) groups is 1. The molecule has 1 rings (SSSR count). The van der Waals surface area contributed by atoms with Crippen molar-refractivity contribution in [2.75, 3.05) is 0 Å². The summed E-state index contributed by atoms with van der Waals surface area (Å²) in [5.41, 5.74) is 2.18. The number of hydrogen-bond donors (Lipinski definition) is 0. The molecule has 0 aliphatic carbocycles. The summed E-state index contributed by atoms with van der Waals surface area (Å²) in [4.78, 5) is 5.18. The smallest absolute Gasteiger partial charge is 0.122 e. The van der Waals surface area contributed by atoms with E-state index in [4.69, 9.17) is 0 Å². The second kappa shape index (κ2) is 9.66. The van der Waals surface area contributed by atoms with Gasteiger partial charge in [0.2, 0.25) is 0 Å². The first kappa shape index (κ1) is 16.5. The predicted molar refractivity (Wildman–Crippen MR) is 75.7 cm³/mol. The molecule has 1 heterocycles. The van der Waals surface area contributed by atoms with E-state index in [0.717, 1.165) is 16.1 Å². The Morgan fingerprint density at radius 1 is 1.27 bits per heavy atom. The summed E-state index contributed by atoms with van der Waals surface area (Å²) in [6.45, 7) is 19.4. The SMILES string of the molecule is C=Nc1sc(C)cc1C(=C)C.CC.CC. The van der Waals surface area contributed by atoms with Crippen LogP contribution in [0, 0.1) is 6.92 Å². The van der Waals surface area contributed by atoms with Gasteiger partial charge in [-0.05, 0) is 32.2 Å². The molecule has 0 aliphatic heterocycles. The van der Waals surface area contributed by atoms with Gasteiger partial charge in [0, 0.05) is 10.4 Å². The van der Waals surface area contributed by atoms with Crippen LogP contribution in [0.2, 0.25) is 0 Å². The zero-order valence-electron chi connectivity index (χ0n) is 10.8. The van der Waals surface area contributed by atoms with Crippen LogP contribution in [0.15, 0.2) is 17.6 Å². The van der Waals surface area contributed by atoms with Crippen molar-refractivity contribution in [2.24, 2.45) is 4.99 Å². The lowest BCUT2D eigenvalue weighted by Gasteiger charge is -1.93. The molecule has 0 saturated heterocycles. The van der Waals surface area contributed by atoms with E-state index in [-0.39, 0.29) is 0 Å². The third kappa shape index (κ3) is 5.53. The zero-order valence-corrected chi connectivity index (χ0v) is 11.7. The van der Waals surface area contributed by atoms with Gasteiger partial charge in [0.25, 0.3) is 0 Å². The maximum Gasteiger partial charge on any atom is 0.122 e. The Hall–Kier alpha value is -0.890. The Morgan fingerprint density at radius 3 is 2.00 bits per heavy atom. The van der Waals surface area contributed by atoms with Crippen LogP contribution in [0.3, 0.4) is 0 Å². The molecule has 0 atom stereocenters. The third-order valence-electron chi connectivity index (χ3n) is 1.44. The molecule has 0 aromatic carbocycles. The first-order valence-corrected chi connectivity index (χ1v) is 6.20. The average molecular weight is 225 g/mol. The highest BCUT2D eigenvalue weighted by Crippen LogP contribution is 2.33. The normalized spacial score (nSPS) is 7.87. The standard InChI is InChI=1S/C9H11NS.2C2H6/c1-6(2)8-5-7(3)11-9(8)10-4;2*1-2/h5H,1,4H2,2-3H3;2*1-2H3. The van der Waals surface area contributed by atoms with Gasteiger partial charge in [0.15, 0.2) is 0 Å². The molecule has 0 N–H and O–H groups in total. The molecule has 0 aliphatic rings. The number of rotatable bonds is 2. The second-order valence-corrected chi connectivity index (χ2v) is 3.75. The fourth-order valence-corrected chi connectivity index (χ4v) is 1.81. The molecule has 1 aromatic rings. The lowest BCUT2D eigenvalue weighted by atomic mass is 10.2. The highest BCUT2D eigenvalue weighted by atomic mass is 32.1. The van der Waals surface area contributed by atoms with E-state index in [1.807, 2.05) is 34.6 Å². The first-order valence-electron chi connectivity index (χ1n) is 5.38. The molecule has 15 heavy (non-hydrogen) atoms. The number of allylic oxidation sites excluding steroid dienone is 1. The predicted octanol–water partition coefficient (Wildman–Crippen LogP) is 5.47. The second-order valence-electron chi connectivity index (χ2n) is 2.51. The lowest BCUT2D eigenvalue weighted by Crippen LogP contribution is -1.69. The van der Waals surface area contributed by atoms with Crippen LogP contribution in [-0.4, -0.2) is 6.72 Å². The molecule has 86 valence electrons. The molecule has 1 aromatic heterocycles. The van der Waals surface area contributed by atoms with Crippen molar-refractivity contribution in [1.82, 2.24) is 0 Å². The Morgan fingerprint density at radius 2 is 1.73 bits per heavy atom. The first-order chi connectivity index (χ1) is 7.15. The summed E-state index contributed by atoms with van der Waals surface area (Å²) < 4.78 is 0.